The highest BCUT2D eigenvalue weighted by Crippen LogP contribution is 2.31. The Morgan fingerprint density at radius 2 is 1.96 bits per heavy atom. The molecule has 0 saturated heterocycles. The minimum atomic E-state index is 0.959. The van der Waals surface area contributed by atoms with Crippen LogP contribution in [0.1, 0.15) is 39.7 Å². The van der Waals surface area contributed by atoms with Gasteiger partial charge in [0.2, 0.25) is 0 Å². The number of hydrogen-bond donors (Lipinski definition) is 1. The molecule has 5 heteroatoms. The maximum Gasteiger partial charge on any atom is 0.107 e. The van der Waals surface area contributed by atoms with Crippen LogP contribution in [0, 0.1) is 0 Å². The molecule has 0 amide bonds. The summed E-state index contributed by atoms with van der Waals surface area (Å²) < 4.78 is 0. The topological polar surface area (TPSA) is 44.8 Å². The molecule has 5 rings (SSSR count). The Balaban J connectivity index is 1.37. The first-order valence-corrected chi connectivity index (χ1v) is 10.00. The van der Waals surface area contributed by atoms with Crippen molar-refractivity contribution in [3.05, 3.63) is 57.2 Å². The van der Waals surface area contributed by atoms with Gasteiger partial charge >= 0.3 is 0 Å². The fraction of sp³-hybridized carbons (Fsp3) is 0.400. The van der Waals surface area contributed by atoms with Crippen molar-refractivity contribution in [2.75, 3.05) is 6.54 Å². The van der Waals surface area contributed by atoms with Gasteiger partial charge in [-0.25, -0.2) is 4.98 Å². The molecule has 1 aliphatic heterocycles. The molecule has 128 valence electrons. The van der Waals surface area contributed by atoms with Crippen molar-refractivity contribution in [3.8, 4) is 11.3 Å². The molecule has 0 bridgehead atoms. The second-order valence-corrected chi connectivity index (χ2v) is 8.21. The van der Waals surface area contributed by atoms with Gasteiger partial charge in [0, 0.05) is 41.2 Å². The van der Waals surface area contributed by atoms with E-state index in [9.17, 15) is 0 Å². The van der Waals surface area contributed by atoms with Gasteiger partial charge in [-0.05, 0) is 25.7 Å². The second kappa shape index (κ2) is 6.39. The van der Waals surface area contributed by atoms with Gasteiger partial charge in [0.1, 0.15) is 5.01 Å². The lowest BCUT2D eigenvalue weighted by Gasteiger charge is -2.26. The fourth-order valence-electron chi connectivity index (χ4n) is 3.99. The van der Waals surface area contributed by atoms with Gasteiger partial charge in [0.05, 0.1) is 17.9 Å². The molecule has 0 atom stereocenters. The lowest BCUT2D eigenvalue weighted by molar-refractivity contribution is 0.244. The van der Waals surface area contributed by atoms with Gasteiger partial charge in [-0.1, -0.05) is 30.3 Å². The Morgan fingerprint density at radius 1 is 1.08 bits per heavy atom. The molecule has 3 heterocycles. The van der Waals surface area contributed by atoms with E-state index in [-0.39, 0.29) is 0 Å². The van der Waals surface area contributed by atoms with Gasteiger partial charge in [-0.3, -0.25) is 10.00 Å². The van der Waals surface area contributed by atoms with Crippen LogP contribution in [0.4, 0.5) is 0 Å². The number of aromatic nitrogens is 3. The van der Waals surface area contributed by atoms with E-state index in [2.05, 4.69) is 45.4 Å². The van der Waals surface area contributed by atoms with E-state index >= 15 is 0 Å². The fourth-order valence-corrected chi connectivity index (χ4v) is 5.18. The predicted molar refractivity (Wildman–Crippen MR) is 101 cm³/mol. The summed E-state index contributed by atoms with van der Waals surface area (Å²) in [4.78, 5) is 8.98. The number of benzene rings is 1. The third-order valence-electron chi connectivity index (χ3n) is 5.31. The van der Waals surface area contributed by atoms with Crippen molar-refractivity contribution >= 4 is 11.3 Å². The average molecular weight is 350 g/mol. The van der Waals surface area contributed by atoms with Gasteiger partial charge in [0.25, 0.3) is 0 Å². The molecule has 2 aliphatic rings. The number of H-pyrrole nitrogens is 1. The van der Waals surface area contributed by atoms with Gasteiger partial charge in [-0.2, -0.15) is 5.10 Å². The summed E-state index contributed by atoms with van der Waals surface area (Å²) in [7, 11) is 0. The number of thiazole rings is 1. The van der Waals surface area contributed by atoms with Crippen LogP contribution in [0.2, 0.25) is 0 Å². The first kappa shape index (κ1) is 15.3. The maximum atomic E-state index is 4.92. The van der Waals surface area contributed by atoms with E-state index < -0.39 is 0 Å². The summed E-state index contributed by atoms with van der Waals surface area (Å²) in [6, 6.07) is 10.5. The number of aromatic amines is 1. The van der Waals surface area contributed by atoms with E-state index in [0.29, 0.717) is 0 Å². The molecule has 2 aromatic heterocycles. The zero-order chi connectivity index (χ0) is 16.6. The third kappa shape index (κ3) is 2.92. The zero-order valence-electron chi connectivity index (χ0n) is 14.3. The van der Waals surface area contributed by atoms with Crippen molar-refractivity contribution in [2.24, 2.45) is 0 Å². The molecule has 25 heavy (non-hydrogen) atoms. The van der Waals surface area contributed by atoms with Gasteiger partial charge < -0.3 is 0 Å². The van der Waals surface area contributed by atoms with Crippen molar-refractivity contribution in [1.82, 2.24) is 20.1 Å². The largest absolute Gasteiger partial charge is 0.292 e. The number of hydrogen-bond acceptors (Lipinski definition) is 4. The van der Waals surface area contributed by atoms with E-state index in [0.717, 1.165) is 31.7 Å². The number of rotatable bonds is 3. The zero-order valence-corrected chi connectivity index (χ0v) is 15.1. The van der Waals surface area contributed by atoms with Gasteiger partial charge in [-0.15, -0.1) is 11.3 Å². The molecule has 1 N–H and O–H groups in total. The van der Waals surface area contributed by atoms with E-state index in [1.165, 1.54) is 58.1 Å². The smallest absolute Gasteiger partial charge is 0.107 e. The summed E-state index contributed by atoms with van der Waals surface area (Å²) in [6.07, 6.45) is 6.09. The molecule has 0 spiro atoms. The first-order chi connectivity index (χ1) is 12.4. The lowest BCUT2D eigenvalue weighted by atomic mass is 10.0. The number of nitrogens with zero attached hydrogens (tertiary/aromatic N) is 3. The molecule has 0 saturated carbocycles. The number of aryl methyl sites for hydroxylation is 2. The van der Waals surface area contributed by atoms with Crippen LogP contribution in [0.3, 0.4) is 0 Å². The van der Waals surface area contributed by atoms with Crippen molar-refractivity contribution in [1.29, 1.82) is 0 Å². The van der Waals surface area contributed by atoms with E-state index in [1.54, 1.807) is 0 Å². The van der Waals surface area contributed by atoms with Crippen LogP contribution in [-0.2, 0) is 32.4 Å². The summed E-state index contributed by atoms with van der Waals surface area (Å²) in [5, 5.41) is 9.15. The molecular formula is C20H22N4S. The highest BCUT2D eigenvalue weighted by Gasteiger charge is 2.24. The molecule has 3 aromatic rings. The Hall–Kier alpha value is -1.98. The van der Waals surface area contributed by atoms with Crippen LogP contribution in [0.25, 0.3) is 11.3 Å². The van der Waals surface area contributed by atoms with Gasteiger partial charge in [0.15, 0.2) is 0 Å². The van der Waals surface area contributed by atoms with Crippen LogP contribution in [0.15, 0.2) is 30.3 Å². The maximum absolute atomic E-state index is 4.92. The molecular weight excluding hydrogens is 328 g/mol. The highest BCUT2D eigenvalue weighted by molar-refractivity contribution is 7.11. The standard InChI is InChI=1S/C20H22N4S/c1-2-6-14(7-3-1)20-15-12-24(11-10-16(15)22-23-20)13-19-21-17-8-4-5-9-18(17)25-19/h1-3,6-7H,4-5,8-13H2,(H,22,23). The number of nitrogens with one attached hydrogen (secondary N) is 1. The number of fused-ring (bicyclic) bond motifs is 2. The summed E-state index contributed by atoms with van der Waals surface area (Å²) in [5.74, 6) is 0. The molecule has 4 nitrogen and oxygen atoms in total. The summed E-state index contributed by atoms with van der Waals surface area (Å²) in [5.41, 5.74) is 6.34. The molecule has 0 unspecified atom stereocenters. The Kier molecular flexibility index (Phi) is 3.91. The van der Waals surface area contributed by atoms with Crippen LogP contribution >= 0.6 is 11.3 Å². The highest BCUT2D eigenvalue weighted by atomic mass is 32.1. The van der Waals surface area contributed by atoms with E-state index in [1.807, 2.05) is 11.3 Å². The van der Waals surface area contributed by atoms with Crippen molar-refractivity contribution < 1.29 is 0 Å². The Labute approximate surface area is 151 Å². The van der Waals surface area contributed by atoms with Crippen LogP contribution in [0.5, 0.6) is 0 Å². The van der Waals surface area contributed by atoms with Crippen LogP contribution in [-0.4, -0.2) is 26.6 Å². The quantitative estimate of drug-likeness (QED) is 0.777. The molecule has 0 radical (unpaired) electrons. The molecule has 1 aromatic carbocycles. The van der Waals surface area contributed by atoms with E-state index in [4.69, 9.17) is 4.98 Å². The SMILES string of the molecule is c1ccc(-c2n[nH]c3c2CN(Cc2nc4c(s2)CCCC4)CC3)cc1. The second-order valence-electron chi connectivity index (χ2n) is 7.04. The Morgan fingerprint density at radius 3 is 2.84 bits per heavy atom. The predicted octanol–water partition coefficient (Wildman–Crippen LogP) is 3.97. The summed E-state index contributed by atoms with van der Waals surface area (Å²) in [6.45, 7) is 3.00. The van der Waals surface area contributed by atoms with Crippen molar-refractivity contribution in [3.63, 3.8) is 0 Å². The first-order valence-electron chi connectivity index (χ1n) is 9.18. The van der Waals surface area contributed by atoms with Crippen molar-refractivity contribution in [2.45, 2.75) is 45.2 Å². The minimum absolute atomic E-state index is 0.959. The molecule has 0 fully saturated rings. The molecule has 1 aliphatic carbocycles. The Bertz CT molecular complexity index is 857. The average Bonchev–Trinajstić information content (AvgIpc) is 3.25. The van der Waals surface area contributed by atoms with Crippen LogP contribution < -0.4 is 0 Å². The monoisotopic (exact) mass is 350 g/mol. The third-order valence-corrected chi connectivity index (χ3v) is 6.45. The lowest BCUT2D eigenvalue weighted by Crippen LogP contribution is -2.30. The normalized spacial score (nSPS) is 17.3. The minimum Gasteiger partial charge on any atom is -0.292 e. The summed E-state index contributed by atoms with van der Waals surface area (Å²) >= 11 is 1.94.